The van der Waals surface area contributed by atoms with Crippen molar-refractivity contribution >= 4 is 17.7 Å². The molecule has 0 radical (unpaired) electrons. The first-order chi connectivity index (χ1) is 12.1. The number of nitrogens with zero attached hydrogens (tertiary/aromatic N) is 1. The van der Waals surface area contributed by atoms with Crippen molar-refractivity contribution in [2.75, 3.05) is 31.2 Å². The number of hydrogen-bond acceptors (Lipinski definition) is 4. The minimum atomic E-state index is -0.514. The average Bonchev–Trinajstić information content (AvgIpc) is 2.95. The fraction of sp³-hybridized carbons (Fsp3) is 0.556. The molecule has 2 aliphatic heterocycles. The van der Waals surface area contributed by atoms with Crippen molar-refractivity contribution in [2.24, 2.45) is 11.8 Å². The van der Waals surface area contributed by atoms with Gasteiger partial charge in [-0.3, -0.25) is 9.69 Å². The third kappa shape index (κ3) is 2.97. The van der Waals surface area contributed by atoms with Gasteiger partial charge in [-0.1, -0.05) is 13.0 Å². The van der Waals surface area contributed by atoms with E-state index in [0.717, 1.165) is 0 Å². The summed E-state index contributed by atoms with van der Waals surface area (Å²) in [6.07, 6.45) is -0.559. The number of anilines is 1. The molecule has 4 atom stereocenters. The summed E-state index contributed by atoms with van der Waals surface area (Å²) >= 11 is 0. The maximum Gasteiger partial charge on any atom is 0.414 e. The molecule has 1 unspecified atom stereocenters. The number of nitrogens with one attached hydrogen (secondary N) is 1. The van der Waals surface area contributed by atoms with E-state index >= 15 is 0 Å². The van der Waals surface area contributed by atoms with Gasteiger partial charge in [-0.05, 0) is 35.4 Å². The van der Waals surface area contributed by atoms with E-state index in [4.69, 9.17) is 9.47 Å². The first kappa shape index (κ1) is 16.3. The molecule has 1 aromatic rings. The fourth-order valence-corrected chi connectivity index (χ4v) is 3.85. The van der Waals surface area contributed by atoms with Crippen LogP contribution in [0.25, 0.3) is 0 Å². The van der Waals surface area contributed by atoms with Gasteiger partial charge in [0.2, 0.25) is 5.91 Å². The minimum Gasteiger partial charge on any atom is -0.442 e. The summed E-state index contributed by atoms with van der Waals surface area (Å²) in [5, 5.41) is 2.70. The zero-order valence-corrected chi connectivity index (χ0v) is 14.0. The zero-order valence-electron chi connectivity index (χ0n) is 14.0. The molecule has 7 heteroatoms. The van der Waals surface area contributed by atoms with Gasteiger partial charge in [0.25, 0.3) is 0 Å². The fourth-order valence-electron chi connectivity index (χ4n) is 3.85. The Hall–Kier alpha value is -2.15. The second kappa shape index (κ2) is 6.29. The van der Waals surface area contributed by atoms with Gasteiger partial charge >= 0.3 is 6.09 Å². The van der Waals surface area contributed by atoms with Crippen LogP contribution in [0.2, 0.25) is 0 Å². The number of carbonyl (C=O) groups is 2. The third-order valence-corrected chi connectivity index (χ3v) is 5.33. The van der Waals surface area contributed by atoms with Crippen molar-refractivity contribution in [1.29, 1.82) is 0 Å². The van der Waals surface area contributed by atoms with E-state index < -0.39 is 12.2 Å². The van der Waals surface area contributed by atoms with Crippen LogP contribution in [-0.4, -0.2) is 44.4 Å². The molecule has 2 amide bonds. The lowest BCUT2D eigenvalue weighted by Gasteiger charge is -2.15. The molecular weight excluding hydrogens is 327 g/mol. The molecular formula is C18H21FN2O4. The van der Waals surface area contributed by atoms with Gasteiger partial charge in [-0.2, -0.15) is 0 Å². The summed E-state index contributed by atoms with van der Waals surface area (Å²) in [6, 6.07) is 4.94. The number of benzene rings is 1. The van der Waals surface area contributed by atoms with E-state index in [1.165, 1.54) is 11.0 Å². The SMILES string of the molecule is CCC(=O)NC[C@H]1CN(c2ccc(C3[C@H]4COC[C@@H]34)c(F)c2)C(=O)O1. The molecule has 3 fully saturated rings. The van der Waals surface area contributed by atoms with Gasteiger partial charge in [0.05, 0.1) is 32.0 Å². The van der Waals surface area contributed by atoms with Gasteiger partial charge in [0, 0.05) is 6.42 Å². The van der Waals surface area contributed by atoms with E-state index in [0.29, 0.717) is 49.3 Å². The lowest BCUT2D eigenvalue weighted by molar-refractivity contribution is -0.121. The van der Waals surface area contributed by atoms with Gasteiger partial charge in [-0.15, -0.1) is 0 Å². The number of amides is 2. The highest BCUT2D eigenvalue weighted by molar-refractivity contribution is 5.89. The Morgan fingerprint density at radius 2 is 2.12 bits per heavy atom. The first-order valence-electron chi connectivity index (χ1n) is 8.70. The van der Waals surface area contributed by atoms with E-state index in [1.54, 1.807) is 19.1 Å². The average molecular weight is 348 g/mol. The molecule has 1 aromatic carbocycles. The molecule has 1 aliphatic carbocycles. The van der Waals surface area contributed by atoms with E-state index in [2.05, 4.69) is 5.32 Å². The van der Waals surface area contributed by atoms with Crippen molar-refractivity contribution in [1.82, 2.24) is 5.32 Å². The largest absolute Gasteiger partial charge is 0.442 e. The van der Waals surface area contributed by atoms with Crippen LogP contribution in [0.3, 0.4) is 0 Å². The Morgan fingerprint density at radius 3 is 2.80 bits per heavy atom. The summed E-state index contributed by atoms with van der Waals surface area (Å²) in [6.45, 7) is 3.73. The van der Waals surface area contributed by atoms with Crippen LogP contribution < -0.4 is 10.2 Å². The standard InChI is InChI=1S/C18H21FN2O4/c1-2-16(22)20-6-11-7-21(18(23)25-11)10-3-4-12(15(19)5-10)17-13-8-24-9-14(13)17/h3-5,11,13-14,17H,2,6-9H2,1H3,(H,20,22)/t11-,13-,14+,17?/m0/s1. The van der Waals surface area contributed by atoms with Crippen molar-refractivity contribution in [2.45, 2.75) is 25.4 Å². The Bertz CT molecular complexity index is 700. The van der Waals surface area contributed by atoms with E-state index in [9.17, 15) is 14.0 Å². The molecule has 1 saturated carbocycles. The second-order valence-corrected chi connectivity index (χ2v) is 6.87. The van der Waals surface area contributed by atoms with E-state index in [1.807, 2.05) is 0 Å². The maximum atomic E-state index is 14.5. The smallest absolute Gasteiger partial charge is 0.414 e. The van der Waals surface area contributed by atoms with Crippen LogP contribution in [0.4, 0.5) is 14.9 Å². The van der Waals surface area contributed by atoms with Crippen LogP contribution in [0.5, 0.6) is 0 Å². The molecule has 2 heterocycles. The molecule has 0 aromatic heterocycles. The zero-order chi connectivity index (χ0) is 17.6. The predicted octanol–water partition coefficient (Wildman–Crippen LogP) is 2.04. The molecule has 4 rings (SSSR count). The van der Waals surface area contributed by atoms with Crippen molar-refractivity contribution < 1.29 is 23.5 Å². The van der Waals surface area contributed by atoms with Crippen LogP contribution in [0, 0.1) is 17.7 Å². The Balaban J connectivity index is 1.42. The highest BCUT2D eigenvalue weighted by atomic mass is 19.1. The number of ether oxygens (including phenoxy) is 2. The molecule has 0 bridgehead atoms. The van der Waals surface area contributed by atoms with Gasteiger partial charge in [0.15, 0.2) is 0 Å². The predicted molar refractivity (Wildman–Crippen MR) is 87.9 cm³/mol. The summed E-state index contributed by atoms with van der Waals surface area (Å²) in [7, 11) is 0. The first-order valence-corrected chi connectivity index (χ1v) is 8.70. The number of hydrogen-bond donors (Lipinski definition) is 1. The van der Waals surface area contributed by atoms with Crippen LogP contribution >= 0.6 is 0 Å². The normalized spacial score (nSPS) is 30.2. The van der Waals surface area contributed by atoms with Crippen molar-refractivity contribution in [3.05, 3.63) is 29.6 Å². The van der Waals surface area contributed by atoms with E-state index in [-0.39, 0.29) is 24.2 Å². The molecule has 3 aliphatic rings. The Kier molecular flexibility index (Phi) is 4.11. The Labute approximate surface area is 145 Å². The molecule has 2 saturated heterocycles. The van der Waals surface area contributed by atoms with Crippen LogP contribution in [-0.2, 0) is 14.3 Å². The monoisotopic (exact) mass is 348 g/mol. The third-order valence-electron chi connectivity index (χ3n) is 5.33. The number of fused-ring (bicyclic) bond motifs is 1. The highest BCUT2D eigenvalue weighted by Crippen LogP contribution is 2.58. The topological polar surface area (TPSA) is 67.9 Å². The summed E-state index contributed by atoms with van der Waals surface area (Å²) in [4.78, 5) is 24.8. The number of cyclic esters (lactones) is 1. The molecule has 25 heavy (non-hydrogen) atoms. The van der Waals surface area contributed by atoms with Gasteiger partial charge < -0.3 is 14.8 Å². The number of rotatable bonds is 5. The van der Waals surface area contributed by atoms with Crippen molar-refractivity contribution in [3.63, 3.8) is 0 Å². The summed E-state index contributed by atoms with van der Waals surface area (Å²) in [5.74, 6) is 0.731. The molecule has 134 valence electrons. The number of carbonyl (C=O) groups excluding carboxylic acids is 2. The highest BCUT2D eigenvalue weighted by Gasteiger charge is 2.55. The van der Waals surface area contributed by atoms with Crippen LogP contribution in [0.1, 0.15) is 24.8 Å². The quantitative estimate of drug-likeness (QED) is 0.884. The maximum absolute atomic E-state index is 14.5. The summed E-state index contributed by atoms with van der Waals surface area (Å²) in [5.41, 5.74) is 1.19. The lowest BCUT2D eigenvalue weighted by atomic mass is 10.1. The van der Waals surface area contributed by atoms with Crippen LogP contribution in [0.15, 0.2) is 18.2 Å². The summed E-state index contributed by atoms with van der Waals surface area (Å²) < 4.78 is 25.2. The molecule has 1 N–H and O–H groups in total. The Morgan fingerprint density at radius 1 is 1.36 bits per heavy atom. The second-order valence-electron chi connectivity index (χ2n) is 6.87. The van der Waals surface area contributed by atoms with Gasteiger partial charge in [0.1, 0.15) is 11.9 Å². The lowest BCUT2D eigenvalue weighted by Crippen LogP contribution is -2.34. The molecule has 6 nitrogen and oxygen atoms in total. The van der Waals surface area contributed by atoms with Gasteiger partial charge in [-0.25, -0.2) is 9.18 Å². The minimum absolute atomic E-state index is 0.0937. The van der Waals surface area contributed by atoms with Crippen molar-refractivity contribution in [3.8, 4) is 0 Å². The number of halogens is 1. The molecule has 0 spiro atoms.